The van der Waals surface area contributed by atoms with Crippen molar-refractivity contribution in [1.82, 2.24) is 14.8 Å². The molecule has 0 saturated heterocycles. The second-order valence-corrected chi connectivity index (χ2v) is 5.50. The maximum Gasteiger partial charge on any atom is 0.308 e. The number of methoxy groups -OCH3 is 1. The summed E-state index contributed by atoms with van der Waals surface area (Å²) in [6, 6.07) is 6.68. The molecular formula is C16H18FN3O2. The number of aromatic nitrogens is 3. The number of hydrogen-bond acceptors (Lipinski definition) is 4. The van der Waals surface area contributed by atoms with E-state index in [0.717, 1.165) is 11.6 Å². The Labute approximate surface area is 128 Å². The lowest BCUT2D eigenvalue weighted by Gasteiger charge is -2.11. The summed E-state index contributed by atoms with van der Waals surface area (Å²) >= 11 is 0. The van der Waals surface area contributed by atoms with Gasteiger partial charge in [0.05, 0.1) is 13.0 Å². The molecule has 0 saturated carbocycles. The van der Waals surface area contributed by atoms with Crippen molar-refractivity contribution >= 4 is 5.97 Å². The van der Waals surface area contributed by atoms with Crippen LogP contribution < -0.4 is 0 Å². The summed E-state index contributed by atoms with van der Waals surface area (Å²) in [5.41, 5.74) is 0.603. The van der Waals surface area contributed by atoms with E-state index < -0.39 is 0 Å². The number of fused-ring (bicyclic) bond motifs is 1. The second-order valence-electron chi connectivity index (χ2n) is 5.50. The molecule has 1 atom stereocenters. The van der Waals surface area contributed by atoms with E-state index in [-0.39, 0.29) is 17.7 Å². The molecule has 2 aromatic rings. The quantitative estimate of drug-likeness (QED) is 0.815. The molecule has 1 aliphatic rings. The van der Waals surface area contributed by atoms with Crippen LogP contribution in [0.5, 0.6) is 0 Å². The normalized spacial score (nSPS) is 17.6. The Balaban J connectivity index is 1.79. The third-order valence-electron chi connectivity index (χ3n) is 4.16. The van der Waals surface area contributed by atoms with Gasteiger partial charge in [-0.3, -0.25) is 4.79 Å². The van der Waals surface area contributed by atoms with Crippen molar-refractivity contribution in [1.29, 1.82) is 0 Å². The maximum absolute atomic E-state index is 13.8. The topological polar surface area (TPSA) is 57.0 Å². The predicted octanol–water partition coefficient (Wildman–Crippen LogP) is 2.13. The SMILES string of the molecule is COC(=O)[C@H]1CCc2nnc(Cc3ccccc3F)n2CC1. The van der Waals surface area contributed by atoms with Crippen molar-refractivity contribution < 1.29 is 13.9 Å². The number of ether oxygens (including phenoxy) is 1. The van der Waals surface area contributed by atoms with Crippen LogP contribution in [0.25, 0.3) is 0 Å². The predicted molar refractivity (Wildman–Crippen MR) is 77.7 cm³/mol. The van der Waals surface area contributed by atoms with Gasteiger partial charge < -0.3 is 9.30 Å². The van der Waals surface area contributed by atoms with Crippen LogP contribution in [-0.4, -0.2) is 27.8 Å². The van der Waals surface area contributed by atoms with Crippen LogP contribution >= 0.6 is 0 Å². The average molecular weight is 303 g/mol. The number of benzene rings is 1. The first-order valence-corrected chi connectivity index (χ1v) is 7.41. The molecular weight excluding hydrogens is 285 g/mol. The second kappa shape index (κ2) is 6.25. The molecule has 22 heavy (non-hydrogen) atoms. The van der Waals surface area contributed by atoms with Gasteiger partial charge in [-0.2, -0.15) is 0 Å². The summed E-state index contributed by atoms with van der Waals surface area (Å²) in [6.07, 6.45) is 2.50. The summed E-state index contributed by atoms with van der Waals surface area (Å²) < 4.78 is 20.6. The number of esters is 1. The van der Waals surface area contributed by atoms with E-state index in [0.29, 0.717) is 37.8 Å². The zero-order chi connectivity index (χ0) is 15.5. The van der Waals surface area contributed by atoms with Gasteiger partial charge in [-0.1, -0.05) is 18.2 Å². The van der Waals surface area contributed by atoms with Crippen LogP contribution in [-0.2, 0) is 28.9 Å². The Hall–Kier alpha value is -2.24. The first-order valence-electron chi connectivity index (χ1n) is 7.41. The van der Waals surface area contributed by atoms with Crippen molar-refractivity contribution in [3.8, 4) is 0 Å². The molecule has 1 aliphatic heterocycles. The number of aryl methyl sites for hydroxylation is 1. The molecule has 5 nitrogen and oxygen atoms in total. The van der Waals surface area contributed by atoms with Gasteiger partial charge in [0.25, 0.3) is 0 Å². The zero-order valence-electron chi connectivity index (χ0n) is 12.5. The first-order chi connectivity index (χ1) is 10.7. The van der Waals surface area contributed by atoms with Gasteiger partial charge >= 0.3 is 5.97 Å². The van der Waals surface area contributed by atoms with Crippen LogP contribution in [0, 0.1) is 11.7 Å². The molecule has 0 amide bonds. The molecule has 0 spiro atoms. The monoisotopic (exact) mass is 303 g/mol. The fraction of sp³-hybridized carbons (Fsp3) is 0.438. The minimum Gasteiger partial charge on any atom is -0.469 e. The lowest BCUT2D eigenvalue weighted by molar-refractivity contribution is -0.145. The van der Waals surface area contributed by atoms with Crippen LogP contribution in [0.15, 0.2) is 24.3 Å². The van der Waals surface area contributed by atoms with Crippen LogP contribution in [0.4, 0.5) is 4.39 Å². The first kappa shape index (κ1) is 14.7. The number of nitrogens with zero attached hydrogens (tertiary/aromatic N) is 3. The summed E-state index contributed by atoms with van der Waals surface area (Å²) in [5, 5.41) is 8.40. The molecule has 0 aliphatic carbocycles. The molecule has 1 aromatic heterocycles. The largest absolute Gasteiger partial charge is 0.469 e. The van der Waals surface area contributed by atoms with Crippen LogP contribution in [0.2, 0.25) is 0 Å². The smallest absolute Gasteiger partial charge is 0.308 e. The van der Waals surface area contributed by atoms with E-state index in [4.69, 9.17) is 4.74 Å². The Morgan fingerprint density at radius 1 is 1.36 bits per heavy atom. The van der Waals surface area contributed by atoms with Gasteiger partial charge in [-0.15, -0.1) is 10.2 Å². The van der Waals surface area contributed by atoms with E-state index in [9.17, 15) is 9.18 Å². The lowest BCUT2D eigenvalue weighted by atomic mass is 10.0. The van der Waals surface area contributed by atoms with Crippen LogP contribution in [0.1, 0.15) is 30.1 Å². The highest BCUT2D eigenvalue weighted by molar-refractivity contribution is 5.72. The number of carbonyl (C=O) groups excluding carboxylic acids is 1. The average Bonchev–Trinajstić information content (AvgIpc) is 2.78. The van der Waals surface area contributed by atoms with E-state index >= 15 is 0 Å². The summed E-state index contributed by atoms with van der Waals surface area (Å²) in [5.74, 6) is 1.09. The molecule has 6 heteroatoms. The number of halogens is 1. The number of carbonyl (C=O) groups is 1. The highest BCUT2D eigenvalue weighted by Crippen LogP contribution is 2.22. The third kappa shape index (κ3) is 2.86. The summed E-state index contributed by atoms with van der Waals surface area (Å²) in [4.78, 5) is 11.7. The maximum atomic E-state index is 13.8. The summed E-state index contributed by atoms with van der Waals surface area (Å²) in [6.45, 7) is 0.659. The van der Waals surface area contributed by atoms with Crippen molar-refractivity contribution in [3.05, 3.63) is 47.3 Å². The van der Waals surface area contributed by atoms with Gasteiger partial charge in [-0.05, 0) is 24.5 Å². The van der Waals surface area contributed by atoms with Gasteiger partial charge in [0.15, 0.2) is 0 Å². The Bertz CT molecular complexity index is 684. The number of hydrogen-bond donors (Lipinski definition) is 0. The molecule has 0 N–H and O–H groups in total. The highest BCUT2D eigenvalue weighted by Gasteiger charge is 2.25. The Morgan fingerprint density at radius 2 is 2.18 bits per heavy atom. The minimum atomic E-state index is -0.235. The van der Waals surface area contributed by atoms with E-state index in [1.165, 1.54) is 13.2 Å². The highest BCUT2D eigenvalue weighted by atomic mass is 19.1. The van der Waals surface area contributed by atoms with Crippen LogP contribution in [0.3, 0.4) is 0 Å². The van der Waals surface area contributed by atoms with E-state index in [2.05, 4.69) is 10.2 Å². The molecule has 2 heterocycles. The van der Waals surface area contributed by atoms with Crippen molar-refractivity contribution in [2.45, 2.75) is 32.2 Å². The molecule has 0 bridgehead atoms. The molecule has 0 radical (unpaired) electrons. The van der Waals surface area contributed by atoms with E-state index in [1.807, 2.05) is 10.6 Å². The number of rotatable bonds is 3. The molecule has 3 rings (SSSR count). The van der Waals surface area contributed by atoms with E-state index in [1.54, 1.807) is 12.1 Å². The lowest BCUT2D eigenvalue weighted by Crippen LogP contribution is -2.17. The Kier molecular flexibility index (Phi) is 4.18. The van der Waals surface area contributed by atoms with Gasteiger partial charge in [-0.25, -0.2) is 4.39 Å². The van der Waals surface area contributed by atoms with Gasteiger partial charge in [0.2, 0.25) is 0 Å². The van der Waals surface area contributed by atoms with Crippen molar-refractivity contribution in [3.63, 3.8) is 0 Å². The van der Waals surface area contributed by atoms with Crippen molar-refractivity contribution in [2.75, 3.05) is 7.11 Å². The molecule has 116 valence electrons. The van der Waals surface area contributed by atoms with Gasteiger partial charge in [0, 0.05) is 19.4 Å². The van der Waals surface area contributed by atoms with Crippen molar-refractivity contribution in [2.24, 2.45) is 5.92 Å². The fourth-order valence-electron chi connectivity index (χ4n) is 2.89. The minimum absolute atomic E-state index is 0.104. The standard InChI is InChI=1S/C16H18FN3O2/c1-22-16(21)11-6-7-14-18-19-15(20(14)9-8-11)10-12-4-2-3-5-13(12)17/h2-5,11H,6-10H2,1H3/t11-/m0/s1. The summed E-state index contributed by atoms with van der Waals surface area (Å²) in [7, 11) is 1.41. The third-order valence-corrected chi connectivity index (χ3v) is 4.16. The molecule has 0 fully saturated rings. The molecule has 0 unspecified atom stereocenters. The molecule has 1 aromatic carbocycles. The Morgan fingerprint density at radius 3 is 2.95 bits per heavy atom. The fourth-order valence-corrected chi connectivity index (χ4v) is 2.89. The zero-order valence-corrected chi connectivity index (χ0v) is 12.5. The van der Waals surface area contributed by atoms with Gasteiger partial charge in [0.1, 0.15) is 17.5 Å².